The Morgan fingerprint density at radius 1 is 1.29 bits per heavy atom. The molecule has 0 aromatic carbocycles. The van der Waals surface area contributed by atoms with Crippen molar-refractivity contribution in [2.45, 2.75) is 19.8 Å². The maximum absolute atomic E-state index is 12.7. The van der Waals surface area contributed by atoms with Crippen molar-refractivity contribution in [2.24, 2.45) is 5.92 Å². The molecule has 0 radical (unpaired) electrons. The lowest BCUT2D eigenvalue weighted by molar-refractivity contribution is 0.0902. The van der Waals surface area contributed by atoms with Crippen LogP contribution in [0.25, 0.3) is 10.2 Å². The van der Waals surface area contributed by atoms with Gasteiger partial charge in [0.2, 0.25) is 0 Å². The Bertz CT molecular complexity index is 877. The van der Waals surface area contributed by atoms with Crippen molar-refractivity contribution in [2.75, 3.05) is 18.0 Å². The van der Waals surface area contributed by atoms with Gasteiger partial charge in [-0.15, -0.1) is 11.3 Å². The molecule has 122 valence electrons. The Morgan fingerprint density at radius 3 is 3.04 bits per heavy atom. The molecule has 0 bridgehead atoms. The number of ketones is 1. The molecule has 0 unspecified atom stereocenters. The van der Waals surface area contributed by atoms with Gasteiger partial charge in [-0.1, -0.05) is 6.07 Å². The summed E-state index contributed by atoms with van der Waals surface area (Å²) < 4.78 is 1.10. The van der Waals surface area contributed by atoms with E-state index < -0.39 is 0 Å². The molecule has 0 saturated carbocycles. The van der Waals surface area contributed by atoms with Crippen LogP contribution in [0.2, 0.25) is 0 Å². The fourth-order valence-corrected chi connectivity index (χ4v) is 4.12. The molecule has 4 rings (SSSR count). The Balaban J connectivity index is 1.63. The van der Waals surface area contributed by atoms with E-state index in [0.717, 1.165) is 41.2 Å². The maximum atomic E-state index is 12.7. The van der Waals surface area contributed by atoms with E-state index in [0.29, 0.717) is 12.2 Å². The van der Waals surface area contributed by atoms with E-state index in [1.807, 2.05) is 30.5 Å². The van der Waals surface area contributed by atoms with Crippen LogP contribution in [0.5, 0.6) is 0 Å². The highest BCUT2D eigenvalue weighted by Gasteiger charge is 2.29. The third-order valence-corrected chi connectivity index (χ3v) is 5.31. The van der Waals surface area contributed by atoms with Gasteiger partial charge in [0.15, 0.2) is 5.78 Å². The first kappa shape index (κ1) is 15.2. The summed E-state index contributed by atoms with van der Waals surface area (Å²) >= 11 is 1.66. The number of Topliss-reactive ketones (excluding diaryl/α,β-unsaturated/α-hetero) is 1. The molecule has 1 saturated heterocycles. The number of thiophene rings is 1. The third-order valence-electron chi connectivity index (χ3n) is 4.41. The molecule has 1 fully saturated rings. The molecular weight excluding hydrogens is 320 g/mol. The van der Waals surface area contributed by atoms with Crippen LogP contribution in [0.1, 0.15) is 29.2 Å². The molecule has 0 amide bonds. The first-order valence-electron chi connectivity index (χ1n) is 8.14. The molecule has 0 aliphatic carbocycles. The van der Waals surface area contributed by atoms with Gasteiger partial charge in [-0.2, -0.15) is 0 Å². The minimum absolute atomic E-state index is 0.0288. The number of pyridine rings is 1. The van der Waals surface area contributed by atoms with Crippen LogP contribution in [0.15, 0.2) is 35.8 Å². The lowest BCUT2D eigenvalue weighted by Gasteiger charge is -2.33. The molecule has 0 spiro atoms. The van der Waals surface area contributed by atoms with E-state index >= 15 is 0 Å². The zero-order valence-electron chi connectivity index (χ0n) is 13.5. The lowest BCUT2D eigenvalue weighted by atomic mass is 9.92. The zero-order valence-corrected chi connectivity index (χ0v) is 14.3. The van der Waals surface area contributed by atoms with Gasteiger partial charge in [0.05, 0.1) is 10.2 Å². The van der Waals surface area contributed by atoms with E-state index in [9.17, 15) is 4.79 Å². The largest absolute Gasteiger partial charge is 0.355 e. The number of fused-ring (bicyclic) bond motifs is 1. The maximum Gasteiger partial charge on any atom is 0.185 e. The molecule has 6 heteroatoms. The first-order valence-corrected chi connectivity index (χ1v) is 9.02. The normalized spacial score (nSPS) is 18.0. The van der Waals surface area contributed by atoms with Gasteiger partial charge in [0.25, 0.3) is 0 Å². The second-order valence-electron chi connectivity index (χ2n) is 6.09. The first-order chi connectivity index (χ1) is 11.7. The van der Waals surface area contributed by atoms with Crippen molar-refractivity contribution in [1.82, 2.24) is 15.0 Å². The number of hydrogen-bond donors (Lipinski definition) is 0. The number of carbonyl (C=O) groups is 1. The van der Waals surface area contributed by atoms with E-state index in [1.54, 1.807) is 23.6 Å². The van der Waals surface area contributed by atoms with Gasteiger partial charge in [-0.25, -0.2) is 9.97 Å². The minimum atomic E-state index is -0.0288. The van der Waals surface area contributed by atoms with Crippen molar-refractivity contribution >= 4 is 33.2 Å². The predicted molar refractivity (Wildman–Crippen MR) is 95.7 cm³/mol. The number of anilines is 1. The van der Waals surface area contributed by atoms with E-state index in [1.165, 1.54) is 0 Å². The smallest absolute Gasteiger partial charge is 0.185 e. The molecular formula is C18H18N4OS. The predicted octanol–water partition coefficient (Wildman–Crippen LogP) is 3.49. The van der Waals surface area contributed by atoms with Gasteiger partial charge >= 0.3 is 0 Å². The van der Waals surface area contributed by atoms with Crippen LogP contribution in [0, 0.1) is 12.8 Å². The topological polar surface area (TPSA) is 59.0 Å². The second-order valence-corrected chi connectivity index (χ2v) is 7.01. The monoisotopic (exact) mass is 338 g/mol. The van der Waals surface area contributed by atoms with Crippen molar-refractivity contribution in [3.63, 3.8) is 0 Å². The van der Waals surface area contributed by atoms with Crippen LogP contribution in [-0.4, -0.2) is 33.8 Å². The highest BCUT2D eigenvalue weighted by atomic mass is 32.1. The lowest BCUT2D eigenvalue weighted by Crippen LogP contribution is -2.39. The number of aryl methyl sites for hydroxylation is 1. The van der Waals surface area contributed by atoms with Gasteiger partial charge in [0.1, 0.15) is 17.3 Å². The number of nitrogens with zero attached hydrogens (tertiary/aromatic N) is 4. The fraction of sp³-hybridized carbons (Fsp3) is 0.333. The molecule has 1 atom stereocenters. The number of aromatic nitrogens is 3. The average Bonchev–Trinajstić information content (AvgIpc) is 3.09. The molecule has 1 aliphatic rings. The molecule has 5 nitrogen and oxygen atoms in total. The third kappa shape index (κ3) is 2.78. The summed E-state index contributed by atoms with van der Waals surface area (Å²) in [6.07, 6.45) is 3.57. The van der Waals surface area contributed by atoms with Crippen molar-refractivity contribution in [3.8, 4) is 0 Å². The summed E-state index contributed by atoms with van der Waals surface area (Å²) in [5.74, 6) is 1.84. The molecule has 4 heterocycles. The van der Waals surface area contributed by atoms with E-state index in [2.05, 4.69) is 19.9 Å². The van der Waals surface area contributed by atoms with Gasteiger partial charge < -0.3 is 4.90 Å². The summed E-state index contributed by atoms with van der Waals surface area (Å²) in [6, 6.07) is 7.52. The second kappa shape index (κ2) is 6.28. The van der Waals surface area contributed by atoms with Crippen molar-refractivity contribution in [3.05, 3.63) is 47.4 Å². The zero-order chi connectivity index (χ0) is 16.5. The van der Waals surface area contributed by atoms with Crippen LogP contribution in [0.3, 0.4) is 0 Å². The molecule has 0 N–H and O–H groups in total. The summed E-state index contributed by atoms with van der Waals surface area (Å²) in [4.78, 5) is 28.3. The van der Waals surface area contributed by atoms with Crippen LogP contribution in [-0.2, 0) is 0 Å². The quantitative estimate of drug-likeness (QED) is 0.684. The molecule has 1 aliphatic heterocycles. The van der Waals surface area contributed by atoms with Crippen molar-refractivity contribution in [1.29, 1.82) is 0 Å². The average molecular weight is 338 g/mol. The molecule has 3 aromatic rings. The Labute approximate surface area is 144 Å². The number of hydrogen-bond acceptors (Lipinski definition) is 6. The number of rotatable bonds is 3. The van der Waals surface area contributed by atoms with Crippen molar-refractivity contribution < 1.29 is 4.79 Å². The highest BCUT2D eigenvalue weighted by molar-refractivity contribution is 7.17. The van der Waals surface area contributed by atoms with E-state index in [4.69, 9.17) is 0 Å². The fourth-order valence-electron chi connectivity index (χ4n) is 3.28. The van der Waals surface area contributed by atoms with E-state index in [-0.39, 0.29) is 11.7 Å². The standard InChI is InChI=1S/C18H18N4OS/c1-12-20-15-7-10-24-17(15)18(21-12)22-9-4-5-13(11-22)16(23)14-6-2-3-8-19-14/h2-3,6-8,10,13H,4-5,9,11H2,1H3/t13-/m1/s1. The van der Waals surface area contributed by atoms with Gasteiger partial charge in [0, 0.05) is 25.2 Å². The number of carbonyl (C=O) groups excluding carboxylic acids is 1. The summed E-state index contributed by atoms with van der Waals surface area (Å²) in [7, 11) is 0. The Hall–Kier alpha value is -2.34. The van der Waals surface area contributed by atoms with Gasteiger partial charge in [-0.05, 0) is 43.3 Å². The van der Waals surface area contributed by atoms with Crippen LogP contribution >= 0.6 is 11.3 Å². The van der Waals surface area contributed by atoms with Gasteiger partial charge in [-0.3, -0.25) is 9.78 Å². The van der Waals surface area contributed by atoms with Crippen LogP contribution < -0.4 is 4.90 Å². The Morgan fingerprint density at radius 2 is 2.21 bits per heavy atom. The summed E-state index contributed by atoms with van der Waals surface area (Å²) in [6.45, 7) is 3.54. The number of piperidine rings is 1. The minimum Gasteiger partial charge on any atom is -0.355 e. The van der Waals surface area contributed by atoms with Crippen LogP contribution in [0.4, 0.5) is 5.82 Å². The molecule has 24 heavy (non-hydrogen) atoms. The summed E-state index contributed by atoms with van der Waals surface area (Å²) in [5, 5.41) is 2.04. The Kier molecular flexibility index (Phi) is 3.98. The highest BCUT2D eigenvalue weighted by Crippen LogP contribution is 2.32. The summed E-state index contributed by atoms with van der Waals surface area (Å²) in [5.41, 5.74) is 1.55. The SMILES string of the molecule is Cc1nc(N2CCC[C@@H](C(=O)c3ccccn3)C2)c2sccc2n1. The molecule has 3 aromatic heterocycles.